The third-order valence-electron chi connectivity index (χ3n) is 9.04. The van der Waals surface area contributed by atoms with E-state index in [-0.39, 0.29) is 17.7 Å². The maximum atomic E-state index is 13.6. The van der Waals surface area contributed by atoms with Crippen LogP contribution in [0.4, 0.5) is 11.5 Å². The van der Waals surface area contributed by atoms with E-state index >= 15 is 0 Å². The van der Waals surface area contributed by atoms with E-state index in [1.54, 1.807) is 37.8 Å². The molecule has 43 heavy (non-hydrogen) atoms. The van der Waals surface area contributed by atoms with Crippen LogP contribution in [0.2, 0.25) is 0 Å². The molecule has 0 spiro atoms. The van der Waals surface area contributed by atoms with E-state index in [0.29, 0.717) is 45.6 Å². The van der Waals surface area contributed by atoms with Crippen molar-refractivity contribution in [2.75, 3.05) is 25.1 Å². The van der Waals surface area contributed by atoms with Crippen LogP contribution in [0.15, 0.2) is 58.6 Å². The first-order valence-electron chi connectivity index (χ1n) is 14.7. The number of fused-ring (bicyclic) bond motifs is 4. The Morgan fingerprint density at radius 3 is 2.79 bits per heavy atom. The van der Waals surface area contributed by atoms with E-state index in [1.807, 2.05) is 27.4 Å². The minimum atomic E-state index is -0.338. The fourth-order valence-corrected chi connectivity index (χ4v) is 6.68. The predicted octanol–water partition coefficient (Wildman–Crippen LogP) is 1.99. The monoisotopic (exact) mass is 580 g/mol. The first-order valence-corrected chi connectivity index (χ1v) is 14.7. The molecule has 12 heteroatoms. The molecule has 1 saturated heterocycles. The molecule has 3 aliphatic rings. The molecular formula is C31H32N8O4. The van der Waals surface area contributed by atoms with Gasteiger partial charge in [0.25, 0.3) is 11.1 Å². The Labute approximate surface area is 246 Å². The summed E-state index contributed by atoms with van der Waals surface area (Å²) in [5, 5.41) is 18.5. The molecule has 220 valence electrons. The average Bonchev–Trinajstić information content (AvgIpc) is 3.69. The molecule has 1 aliphatic carbocycles. The molecule has 2 N–H and O–H groups in total. The minimum Gasteiger partial charge on any atom is -0.392 e. The van der Waals surface area contributed by atoms with Crippen molar-refractivity contribution in [1.82, 2.24) is 33.2 Å². The number of aliphatic hydroxyl groups is 1. The molecule has 0 saturated carbocycles. The molecule has 1 fully saturated rings. The van der Waals surface area contributed by atoms with Gasteiger partial charge in [-0.3, -0.25) is 23.7 Å². The third-order valence-corrected chi connectivity index (χ3v) is 9.04. The van der Waals surface area contributed by atoms with Gasteiger partial charge in [-0.15, -0.1) is 0 Å². The summed E-state index contributed by atoms with van der Waals surface area (Å²) in [6.07, 6.45) is 10.0. The topological polar surface area (TPSA) is 124 Å². The molecule has 0 atom stereocenters. The molecule has 0 unspecified atom stereocenters. The molecule has 8 rings (SSSR count). The summed E-state index contributed by atoms with van der Waals surface area (Å²) in [7, 11) is 1.69. The highest BCUT2D eigenvalue weighted by Crippen LogP contribution is 2.30. The van der Waals surface area contributed by atoms with Crippen LogP contribution in [-0.2, 0) is 44.3 Å². The summed E-state index contributed by atoms with van der Waals surface area (Å²) in [5.41, 5.74) is 5.95. The molecule has 0 amide bonds. The lowest BCUT2D eigenvalue weighted by Gasteiger charge is -2.39. The quantitative estimate of drug-likeness (QED) is 0.313. The highest BCUT2D eigenvalue weighted by atomic mass is 16.5. The van der Waals surface area contributed by atoms with Crippen LogP contribution in [-0.4, -0.2) is 64.1 Å². The number of aryl methyl sites for hydroxylation is 3. The normalized spacial score (nSPS) is 16.8. The van der Waals surface area contributed by atoms with Gasteiger partial charge in [0, 0.05) is 67.8 Å². The molecular weight excluding hydrogens is 548 g/mol. The highest BCUT2D eigenvalue weighted by Gasteiger charge is 2.30. The van der Waals surface area contributed by atoms with Crippen LogP contribution in [0, 0.1) is 0 Å². The number of aliphatic hydroxyl groups excluding tert-OH is 1. The number of hydrogen-bond donors (Lipinski definition) is 2. The van der Waals surface area contributed by atoms with Gasteiger partial charge in [-0.2, -0.15) is 5.10 Å². The molecule has 5 aromatic rings. The Kier molecular flexibility index (Phi) is 6.10. The number of aromatic nitrogens is 6. The summed E-state index contributed by atoms with van der Waals surface area (Å²) < 4.78 is 12.3. The van der Waals surface area contributed by atoms with Gasteiger partial charge in [0.05, 0.1) is 38.1 Å². The number of nitrogens with zero attached hydrogens (tertiary/aromatic N) is 7. The number of pyridine rings is 2. The Bertz CT molecular complexity index is 2010. The Morgan fingerprint density at radius 1 is 1.09 bits per heavy atom. The number of nitrogens with one attached hydrogen (secondary N) is 1. The lowest BCUT2D eigenvalue weighted by Crippen LogP contribution is -2.51. The van der Waals surface area contributed by atoms with Gasteiger partial charge in [-0.25, -0.2) is 4.98 Å². The molecule has 12 nitrogen and oxygen atoms in total. The third kappa shape index (κ3) is 4.24. The number of rotatable bonds is 6. The van der Waals surface area contributed by atoms with Gasteiger partial charge in [0.2, 0.25) is 0 Å². The van der Waals surface area contributed by atoms with E-state index in [9.17, 15) is 14.7 Å². The standard InChI is InChI=1S/C31H32N8O4/c1-35-14-20(11-25(30(35)41)33-28-13-21-15-36(22-17-43-18-22)7-10-39(21)34-28)23-5-6-32-29(24(23)16-40)38-9-8-37-26-4-2-3-19(26)12-27(37)31(38)42/h5-6,8-9,11-14,22,40H,2-4,7,10,15-18H2,1H3,(H,33,34). The summed E-state index contributed by atoms with van der Waals surface area (Å²) >= 11 is 0. The second-order valence-electron chi connectivity index (χ2n) is 11.6. The number of anilines is 2. The molecule has 5 aromatic heterocycles. The Morgan fingerprint density at radius 2 is 1.98 bits per heavy atom. The van der Waals surface area contributed by atoms with Crippen molar-refractivity contribution in [1.29, 1.82) is 0 Å². The van der Waals surface area contributed by atoms with Gasteiger partial charge < -0.3 is 24.1 Å². The summed E-state index contributed by atoms with van der Waals surface area (Å²) in [4.78, 5) is 33.7. The van der Waals surface area contributed by atoms with Gasteiger partial charge in [-0.05, 0) is 48.6 Å². The van der Waals surface area contributed by atoms with Crippen LogP contribution >= 0.6 is 0 Å². The van der Waals surface area contributed by atoms with Gasteiger partial charge in [0.15, 0.2) is 5.82 Å². The first-order chi connectivity index (χ1) is 21.0. The minimum absolute atomic E-state index is 0.189. The molecule has 2 aliphatic heterocycles. The van der Waals surface area contributed by atoms with E-state index in [1.165, 1.54) is 20.4 Å². The second-order valence-corrected chi connectivity index (χ2v) is 11.6. The SMILES string of the molecule is Cn1cc(-c2ccnc(-n3ccn4c5c(cc4c3=O)CCC5)c2CO)cc(Nc2cc3n(n2)CCN(C2COC2)C3)c1=O. The summed E-state index contributed by atoms with van der Waals surface area (Å²) in [5.74, 6) is 0.966. The van der Waals surface area contributed by atoms with E-state index in [2.05, 4.69) is 15.2 Å². The van der Waals surface area contributed by atoms with E-state index < -0.39 is 0 Å². The van der Waals surface area contributed by atoms with Crippen LogP contribution in [0.25, 0.3) is 22.5 Å². The molecule has 7 heterocycles. The fraction of sp³-hybridized carbons (Fsp3) is 0.355. The van der Waals surface area contributed by atoms with Crippen molar-refractivity contribution in [2.45, 2.75) is 45.0 Å². The van der Waals surface area contributed by atoms with Crippen molar-refractivity contribution in [3.8, 4) is 16.9 Å². The average molecular weight is 581 g/mol. The van der Waals surface area contributed by atoms with Crippen molar-refractivity contribution in [3.63, 3.8) is 0 Å². The largest absolute Gasteiger partial charge is 0.392 e. The van der Waals surface area contributed by atoms with Crippen molar-refractivity contribution in [3.05, 3.63) is 92.3 Å². The maximum absolute atomic E-state index is 13.6. The van der Waals surface area contributed by atoms with E-state index in [0.717, 1.165) is 57.8 Å². The van der Waals surface area contributed by atoms with Gasteiger partial charge in [-0.1, -0.05) is 0 Å². The van der Waals surface area contributed by atoms with Crippen LogP contribution in [0.5, 0.6) is 0 Å². The zero-order chi connectivity index (χ0) is 29.2. The van der Waals surface area contributed by atoms with Crippen molar-refractivity contribution >= 4 is 17.0 Å². The van der Waals surface area contributed by atoms with Crippen molar-refractivity contribution in [2.24, 2.45) is 7.05 Å². The lowest BCUT2D eigenvalue weighted by molar-refractivity contribution is -0.0735. The Balaban J connectivity index is 1.15. The zero-order valence-electron chi connectivity index (χ0n) is 23.9. The smallest absolute Gasteiger partial charge is 0.280 e. The Hall–Kier alpha value is -4.52. The maximum Gasteiger partial charge on any atom is 0.280 e. The van der Waals surface area contributed by atoms with Gasteiger partial charge in [0.1, 0.15) is 17.0 Å². The predicted molar refractivity (Wildman–Crippen MR) is 160 cm³/mol. The molecule has 0 aromatic carbocycles. The fourth-order valence-electron chi connectivity index (χ4n) is 6.68. The van der Waals surface area contributed by atoms with Crippen LogP contribution in [0.1, 0.15) is 28.9 Å². The van der Waals surface area contributed by atoms with Gasteiger partial charge >= 0.3 is 0 Å². The number of hydrogen-bond acceptors (Lipinski definition) is 8. The summed E-state index contributed by atoms with van der Waals surface area (Å²) in [6, 6.07) is 7.98. The van der Waals surface area contributed by atoms with Crippen molar-refractivity contribution < 1.29 is 9.84 Å². The summed E-state index contributed by atoms with van der Waals surface area (Å²) in [6.45, 7) is 3.68. The number of ether oxygens (including phenoxy) is 1. The zero-order valence-corrected chi connectivity index (χ0v) is 23.9. The molecule has 0 bridgehead atoms. The highest BCUT2D eigenvalue weighted by molar-refractivity contribution is 5.73. The second kappa shape index (κ2) is 10.0. The lowest BCUT2D eigenvalue weighted by atomic mass is 10.0. The van der Waals surface area contributed by atoms with Crippen LogP contribution in [0.3, 0.4) is 0 Å². The molecule has 0 radical (unpaired) electrons. The first kappa shape index (κ1) is 26.1. The van der Waals surface area contributed by atoms with E-state index in [4.69, 9.17) is 9.84 Å². The van der Waals surface area contributed by atoms with Crippen LogP contribution < -0.4 is 16.4 Å².